The van der Waals surface area contributed by atoms with Crippen LogP contribution in [0.3, 0.4) is 0 Å². The summed E-state index contributed by atoms with van der Waals surface area (Å²) in [5.41, 5.74) is 1.69. The predicted molar refractivity (Wildman–Crippen MR) is 98.8 cm³/mol. The summed E-state index contributed by atoms with van der Waals surface area (Å²) < 4.78 is 5.12. The van der Waals surface area contributed by atoms with Crippen molar-refractivity contribution in [2.75, 3.05) is 0 Å². The molecular formula is C19H13ClN2O4. The van der Waals surface area contributed by atoms with Crippen LogP contribution in [0.1, 0.15) is 16.7 Å². The number of halogens is 1. The van der Waals surface area contributed by atoms with Gasteiger partial charge < -0.3 is 4.74 Å². The summed E-state index contributed by atoms with van der Waals surface area (Å²) in [7, 11) is 0. The number of carbonyl (C=O) groups excluding carboxylic acids is 1. The average molecular weight is 369 g/mol. The van der Waals surface area contributed by atoms with Gasteiger partial charge in [0, 0.05) is 22.2 Å². The zero-order valence-electron chi connectivity index (χ0n) is 13.7. The summed E-state index contributed by atoms with van der Waals surface area (Å²) >= 11 is 6.16. The minimum absolute atomic E-state index is 0.00790. The number of cyclic esters (lactones) is 1. The van der Waals surface area contributed by atoms with Gasteiger partial charge in [0.25, 0.3) is 5.69 Å². The molecule has 0 fully saturated rings. The molecule has 1 aliphatic heterocycles. The summed E-state index contributed by atoms with van der Waals surface area (Å²) in [4.78, 5) is 26.7. The first kappa shape index (κ1) is 17.6. The van der Waals surface area contributed by atoms with E-state index in [0.29, 0.717) is 16.2 Å². The Morgan fingerprint density at radius 1 is 1.23 bits per heavy atom. The summed E-state index contributed by atoms with van der Waals surface area (Å²) in [5.74, 6) is -0.656. The zero-order valence-corrected chi connectivity index (χ0v) is 14.4. The Hall–Kier alpha value is -3.25. The predicted octanol–water partition coefficient (Wildman–Crippen LogP) is 4.37. The van der Waals surface area contributed by atoms with Crippen LogP contribution < -0.4 is 0 Å². The van der Waals surface area contributed by atoms with Crippen LogP contribution in [0.5, 0.6) is 0 Å². The molecule has 1 heterocycles. The second-order valence-corrected chi connectivity index (χ2v) is 5.97. The smallest absolute Gasteiger partial charge is 0.363 e. The molecule has 0 aromatic heterocycles. The molecule has 0 aliphatic carbocycles. The highest BCUT2D eigenvalue weighted by atomic mass is 35.5. The van der Waals surface area contributed by atoms with E-state index in [-0.39, 0.29) is 17.3 Å². The van der Waals surface area contributed by atoms with Crippen molar-refractivity contribution in [3.05, 3.63) is 92.1 Å². The lowest BCUT2D eigenvalue weighted by atomic mass is 10.1. The fourth-order valence-corrected chi connectivity index (χ4v) is 2.58. The lowest BCUT2D eigenvalue weighted by molar-refractivity contribution is -0.385. The molecule has 0 saturated carbocycles. The monoisotopic (exact) mass is 368 g/mol. The van der Waals surface area contributed by atoms with Crippen molar-refractivity contribution in [3.63, 3.8) is 0 Å². The number of nitrogens with zero attached hydrogens (tertiary/aromatic N) is 2. The second kappa shape index (κ2) is 7.33. The van der Waals surface area contributed by atoms with E-state index in [0.717, 1.165) is 5.56 Å². The molecule has 130 valence electrons. The van der Waals surface area contributed by atoms with Crippen LogP contribution in [0.25, 0.3) is 6.08 Å². The van der Waals surface area contributed by atoms with E-state index in [1.807, 2.05) is 30.3 Å². The molecule has 26 heavy (non-hydrogen) atoms. The van der Waals surface area contributed by atoms with Gasteiger partial charge in [-0.3, -0.25) is 10.1 Å². The maximum atomic E-state index is 12.0. The molecule has 0 amide bonds. The van der Waals surface area contributed by atoms with Gasteiger partial charge in [0.05, 0.1) is 4.92 Å². The molecule has 2 aromatic rings. The first-order valence-corrected chi connectivity index (χ1v) is 8.02. The third-order valence-electron chi connectivity index (χ3n) is 3.65. The molecule has 2 aromatic carbocycles. The maximum Gasteiger partial charge on any atom is 0.363 e. The topological polar surface area (TPSA) is 81.8 Å². The van der Waals surface area contributed by atoms with Gasteiger partial charge in [-0.05, 0) is 30.7 Å². The van der Waals surface area contributed by atoms with Crippen molar-refractivity contribution in [1.82, 2.24) is 0 Å². The molecule has 0 saturated heterocycles. The van der Waals surface area contributed by atoms with Crippen LogP contribution in [-0.4, -0.2) is 16.8 Å². The molecule has 0 bridgehead atoms. The third-order valence-corrected chi connectivity index (χ3v) is 3.87. The SMILES string of the molecule is Cc1ccc(C2=N/C(=C\C(Cl)=C\c3ccccc3)C(=O)O2)cc1[N+](=O)[O-]. The number of aryl methyl sites for hydroxylation is 1. The minimum atomic E-state index is -0.664. The van der Waals surface area contributed by atoms with Crippen LogP contribution in [0.2, 0.25) is 0 Å². The highest BCUT2D eigenvalue weighted by molar-refractivity contribution is 6.33. The molecule has 0 spiro atoms. The van der Waals surface area contributed by atoms with Crippen molar-refractivity contribution < 1.29 is 14.5 Å². The second-order valence-electron chi connectivity index (χ2n) is 5.53. The first-order chi connectivity index (χ1) is 12.4. The number of ether oxygens (including phenoxy) is 1. The number of esters is 1. The van der Waals surface area contributed by atoms with Gasteiger partial charge in [-0.15, -0.1) is 0 Å². The summed E-state index contributed by atoms with van der Waals surface area (Å²) in [5, 5.41) is 11.4. The van der Waals surface area contributed by atoms with E-state index in [1.54, 1.807) is 25.1 Å². The van der Waals surface area contributed by atoms with E-state index in [2.05, 4.69) is 4.99 Å². The van der Waals surface area contributed by atoms with Crippen molar-refractivity contribution in [1.29, 1.82) is 0 Å². The highest BCUT2D eigenvalue weighted by Crippen LogP contribution is 2.24. The lowest BCUT2D eigenvalue weighted by Crippen LogP contribution is -2.06. The van der Waals surface area contributed by atoms with Gasteiger partial charge in [-0.1, -0.05) is 48.0 Å². The number of allylic oxidation sites excluding steroid dienone is 2. The molecule has 1 aliphatic rings. The van der Waals surface area contributed by atoms with Gasteiger partial charge in [0.1, 0.15) is 0 Å². The molecular weight excluding hydrogens is 356 g/mol. The minimum Gasteiger partial charge on any atom is -0.402 e. The lowest BCUT2D eigenvalue weighted by Gasteiger charge is -2.01. The largest absolute Gasteiger partial charge is 0.402 e. The van der Waals surface area contributed by atoms with Gasteiger partial charge >= 0.3 is 5.97 Å². The van der Waals surface area contributed by atoms with Crippen LogP contribution in [-0.2, 0) is 9.53 Å². The number of hydrogen-bond donors (Lipinski definition) is 0. The van der Waals surface area contributed by atoms with Crippen molar-refractivity contribution in [3.8, 4) is 0 Å². The van der Waals surface area contributed by atoms with Crippen molar-refractivity contribution in [2.45, 2.75) is 6.92 Å². The standard InChI is InChI=1S/C19H13ClN2O4/c1-12-7-8-14(10-17(12)22(24)25)18-21-16(19(23)26-18)11-15(20)9-13-5-3-2-4-6-13/h2-11H,1H3/b15-9-,16-11-. The van der Waals surface area contributed by atoms with E-state index in [9.17, 15) is 14.9 Å². The van der Waals surface area contributed by atoms with Gasteiger partial charge in [0.15, 0.2) is 5.70 Å². The Kier molecular flexibility index (Phi) is 4.95. The van der Waals surface area contributed by atoms with Gasteiger partial charge in [-0.2, -0.15) is 0 Å². The molecule has 0 unspecified atom stereocenters. The molecule has 0 atom stereocenters. The van der Waals surface area contributed by atoms with E-state index in [4.69, 9.17) is 16.3 Å². The summed E-state index contributed by atoms with van der Waals surface area (Å²) in [6.45, 7) is 1.63. The maximum absolute atomic E-state index is 12.0. The number of nitro groups is 1. The van der Waals surface area contributed by atoms with Crippen LogP contribution in [0, 0.1) is 17.0 Å². The normalized spacial score (nSPS) is 15.8. The van der Waals surface area contributed by atoms with Crippen LogP contribution in [0.4, 0.5) is 5.69 Å². The third kappa shape index (κ3) is 3.87. The molecule has 6 nitrogen and oxygen atoms in total. The number of aliphatic imine (C=N–C) groups is 1. The quantitative estimate of drug-likeness (QED) is 0.347. The van der Waals surface area contributed by atoms with Crippen LogP contribution >= 0.6 is 11.6 Å². The number of nitro benzene ring substituents is 1. The number of rotatable bonds is 4. The van der Waals surface area contributed by atoms with Gasteiger partial charge in [0.2, 0.25) is 5.90 Å². The average Bonchev–Trinajstić information content (AvgIpc) is 2.96. The number of hydrogen-bond acceptors (Lipinski definition) is 5. The Bertz CT molecular complexity index is 978. The fraction of sp³-hybridized carbons (Fsp3) is 0.0526. The Labute approximate surface area is 154 Å². The Morgan fingerprint density at radius 2 is 1.96 bits per heavy atom. The first-order valence-electron chi connectivity index (χ1n) is 7.64. The summed E-state index contributed by atoms with van der Waals surface area (Å²) in [6.07, 6.45) is 3.08. The van der Waals surface area contributed by atoms with E-state index >= 15 is 0 Å². The Morgan fingerprint density at radius 3 is 2.65 bits per heavy atom. The number of carbonyl (C=O) groups is 1. The van der Waals surface area contributed by atoms with Gasteiger partial charge in [-0.25, -0.2) is 9.79 Å². The molecule has 0 N–H and O–H groups in total. The number of benzene rings is 2. The molecule has 3 rings (SSSR count). The highest BCUT2D eigenvalue weighted by Gasteiger charge is 2.26. The van der Waals surface area contributed by atoms with E-state index < -0.39 is 10.9 Å². The van der Waals surface area contributed by atoms with Crippen molar-refractivity contribution in [2.24, 2.45) is 4.99 Å². The van der Waals surface area contributed by atoms with Crippen LogP contribution in [0.15, 0.2) is 70.3 Å². The van der Waals surface area contributed by atoms with E-state index in [1.165, 1.54) is 12.1 Å². The molecule has 7 heteroatoms. The summed E-state index contributed by atoms with van der Waals surface area (Å²) in [6, 6.07) is 13.9. The van der Waals surface area contributed by atoms with Crippen molar-refractivity contribution >= 4 is 35.2 Å². The fourth-order valence-electron chi connectivity index (χ4n) is 2.35. The Balaban J connectivity index is 1.91. The zero-order chi connectivity index (χ0) is 18.7. The molecule has 0 radical (unpaired) electrons.